The van der Waals surface area contributed by atoms with Crippen LogP contribution >= 0.6 is 0 Å². The number of aryl methyl sites for hydroxylation is 1. The van der Waals surface area contributed by atoms with Gasteiger partial charge in [0.25, 0.3) is 0 Å². The van der Waals surface area contributed by atoms with Crippen LogP contribution in [0.1, 0.15) is 18.2 Å². The highest BCUT2D eigenvalue weighted by Crippen LogP contribution is 2.16. The van der Waals surface area contributed by atoms with Crippen molar-refractivity contribution in [1.82, 2.24) is 14.6 Å². The number of rotatable bonds is 1. The first-order chi connectivity index (χ1) is 6.68. The van der Waals surface area contributed by atoms with Crippen LogP contribution in [0.15, 0.2) is 24.4 Å². The molecule has 2 heterocycles. The van der Waals surface area contributed by atoms with Gasteiger partial charge in [-0.2, -0.15) is 5.10 Å². The van der Waals surface area contributed by atoms with Crippen LogP contribution in [-0.2, 0) is 0 Å². The minimum Gasteiger partial charge on any atom is -0.245 e. The number of allylic oxidation sites excluding steroid dienone is 1. The van der Waals surface area contributed by atoms with Gasteiger partial charge in [-0.3, -0.25) is 0 Å². The lowest BCUT2D eigenvalue weighted by molar-refractivity contribution is 0.647. The minimum absolute atomic E-state index is 0.246. The smallest absolute Gasteiger partial charge is 0.117 e. The van der Waals surface area contributed by atoms with Crippen molar-refractivity contribution in [3.05, 3.63) is 35.7 Å². The fourth-order valence-electron chi connectivity index (χ4n) is 1.38. The fourth-order valence-corrected chi connectivity index (χ4v) is 1.38. The van der Waals surface area contributed by atoms with E-state index >= 15 is 0 Å². The van der Waals surface area contributed by atoms with E-state index in [2.05, 4.69) is 10.1 Å². The number of aromatic nitrogens is 3. The van der Waals surface area contributed by atoms with E-state index in [9.17, 15) is 4.39 Å². The van der Waals surface area contributed by atoms with E-state index in [0.29, 0.717) is 5.69 Å². The number of nitrogens with zero attached hydrogens (tertiary/aromatic N) is 3. The number of hydrogen-bond donors (Lipinski definition) is 0. The SMILES string of the molecule is C/C(F)=C\c1nn2cnccc2c1C. The lowest BCUT2D eigenvalue weighted by Crippen LogP contribution is -1.86. The molecule has 0 radical (unpaired) electrons. The van der Waals surface area contributed by atoms with Gasteiger partial charge in [0, 0.05) is 11.8 Å². The Morgan fingerprint density at radius 1 is 1.57 bits per heavy atom. The molecular formula is C10H10FN3. The summed E-state index contributed by atoms with van der Waals surface area (Å²) in [4.78, 5) is 3.93. The van der Waals surface area contributed by atoms with E-state index in [1.165, 1.54) is 13.0 Å². The van der Waals surface area contributed by atoms with Gasteiger partial charge in [0.05, 0.1) is 17.0 Å². The lowest BCUT2D eigenvalue weighted by Gasteiger charge is -1.89. The zero-order valence-electron chi connectivity index (χ0n) is 8.03. The highest BCUT2D eigenvalue weighted by atomic mass is 19.1. The third kappa shape index (κ3) is 1.39. The van der Waals surface area contributed by atoms with Crippen molar-refractivity contribution < 1.29 is 4.39 Å². The quantitative estimate of drug-likeness (QED) is 0.692. The average molecular weight is 191 g/mol. The van der Waals surface area contributed by atoms with E-state index in [4.69, 9.17) is 0 Å². The number of fused-ring (bicyclic) bond motifs is 1. The molecule has 2 rings (SSSR count). The first-order valence-electron chi connectivity index (χ1n) is 4.31. The van der Waals surface area contributed by atoms with Gasteiger partial charge >= 0.3 is 0 Å². The maximum Gasteiger partial charge on any atom is 0.117 e. The molecule has 4 heteroatoms. The molecule has 0 atom stereocenters. The second-order valence-corrected chi connectivity index (χ2v) is 3.15. The van der Waals surface area contributed by atoms with E-state index < -0.39 is 0 Å². The Hall–Kier alpha value is -1.71. The van der Waals surface area contributed by atoms with Gasteiger partial charge in [-0.1, -0.05) is 0 Å². The molecule has 0 unspecified atom stereocenters. The Bertz CT molecular complexity index is 495. The maximum atomic E-state index is 12.7. The summed E-state index contributed by atoms with van der Waals surface area (Å²) in [6, 6.07) is 1.85. The molecule has 3 nitrogen and oxygen atoms in total. The molecule has 0 saturated heterocycles. The molecule has 0 aliphatic rings. The van der Waals surface area contributed by atoms with E-state index in [-0.39, 0.29) is 5.83 Å². The summed E-state index contributed by atoms with van der Waals surface area (Å²) in [7, 11) is 0. The van der Waals surface area contributed by atoms with Gasteiger partial charge < -0.3 is 0 Å². The zero-order chi connectivity index (χ0) is 10.1. The third-order valence-electron chi connectivity index (χ3n) is 2.06. The van der Waals surface area contributed by atoms with Crippen molar-refractivity contribution in [3.63, 3.8) is 0 Å². The lowest BCUT2D eigenvalue weighted by atomic mass is 10.2. The van der Waals surface area contributed by atoms with Gasteiger partial charge in [-0.25, -0.2) is 13.9 Å². The van der Waals surface area contributed by atoms with E-state index in [0.717, 1.165) is 11.1 Å². The molecule has 72 valence electrons. The Morgan fingerprint density at radius 3 is 3.00 bits per heavy atom. The third-order valence-corrected chi connectivity index (χ3v) is 2.06. The van der Waals surface area contributed by atoms with E-state index in [1.807, 2.05) is 13.0 Å². The first kappa shape index (κ1) is 8.87. The molecule has 14 heavy (non-hydrogen) atoms. The molecule has 0 fully saturated rings. The van der Waals surface area contributed by atoms with Crippen LogP contribution in [0.2, 0.25) is 0 Å². The van der Waals surface area contributed by atoms with Crippen molar-refractivity contribution in [2.45, 2.75) is 13.8 Å². The molecule has 0 spiro atoms. The molecule has 0 aliphatic carbocycles. The summed E-state index contributed by atoms with van der Waals surface area (Å²) in [5.74, 6) is -0.246. The highest BCUT2D eigenvalue weighted by Gasteiger charge is 2.05. The zero-order valence-corrected chi connectivity index (χ0v) is 8.03. The summed E-state index contributed by atoms with van der Waals surface area (Å²) in [6.07, 6.45) is 4.72. The summed E-state index contributed by atoms with van der Waals surface area (Å²) in [6.45, 7) is 3.32. The monoisotopic (exact) mass is 191 g/mol. The van der Waals surface area contributed by atoms with Crippen molar-refractivity contribution in [1.29, 1.82) is 0 Å². The predicted octanol–water partition coefficient (Wildman–Crippen LogP) is 2.37. The van der Waals surface area contributed by atoms with Gasteiger partial charge in [-0.15, -0.1) is 0 Å². The molecular weight excluding hydrogens is 181 g/mol. The second-order valence-electron chi connectivity index (χ2n) is 3.15. The average Bonchev–Trinajstić information content (AvgIpc) is 2.44. The Kier molecular flexibility index (Phi) is 2.04. The molecule has 0 aromatic carbocycles. The Balaban J connectivity index is 2.69. The van der Waals surface area contributed by atoms with Gasteiger partial charge in [0.15, 0.2) is 0 Å². The Morgan fingerprint density at radius 2 is 2.36 bits per heavy atom. The summed E-state index contributed by atoms with van der Waals surface area (Å²) < 4.78 is 14.3. The van der Waals surface area contributed by atoms with Crippen LogP contribution in [0.3, 0.4) is 0 Å². The van der Waals surface area contributed by atoms with Crippen molar-refractivity contribution in [2.75, 3.05) is 0 Å². The van der Waals surface area contributed by atoms with Crippen LogP contribution in [0.25, 0.3) is 11.6 Å². The minimum atomic E-state index is -0.246. The largest absolute Gasteiger partial charge is 0.245 e. The van der Waals surface area contributed by atoms with Crippen molar-refractivity contribution >= 4 is 11.6 Å². The molecule has 2 aromatic rings. The number of hydrogen-bond acceptors (Lipinski definition) is 2. The molecule has 0 saturated carbocycles. The fraction of sp³-hybridized carbons (Fsp3) is 0.200. The van der Waals surface area contributed by atoms with Crippen LogP contribution in [0.4, 0.5) is 4.39 Å². The standard InChI is InChI=1S/C10H10FN3/c1-7(11)5-9-8(2)10-3-4-12-6-14(10)13-9/h3-6H,1-2H3/b7-5+. The second kappa shape index (κ2) is 3.21. The van der Waals surface area contributed by atoms with Crippen molar-refractivity contribution in [2.24, 2.45) is 0 Å². The Labute approximate surface area is 80.9 Å². The molecule has 0 aliphatic heterocycles. The topological polar surface area (TPSA) is 30.2 Å². The van der Waals surface area contributed by atoms with Crippen LogP contribution in [0.5, 0.6) is 0 Å². The van der Waals surface area contributed by atoms with Crippen molar-refractivity contribution in [3.8, 4) is 0 Å². The molecule has 0 N–H and O–H groups in total. The van der Waals surface area contributed by atoms with Gasteiger partial charge in [0.2, 0.25) is 0 Å². The van der Waals surface area contributed by atoms with Crippen LogP contribution in [-0.4, -0.2) is 14.6 Å². The summed E-state index contributed by atoms with van der Waals surface area (Å²) >= 11 is 0. The van der Waals surface area contributed by atoms with Gasteiger partial charge in [0.1, 0.15) is 6.33 Å². The highest BCUT2D eigenvalue weighted by molar-refractivity contribution is 5.63. The maximum absolute atomic E-state index is 12.7. The van der Waals surface area contributed by atoms with Gasteiger partial charge in [-0.05, 0) is 26.0 Å². The molecule has 2 aromatic heterocycles. The number of halogens is 1. The summed E-state index contributed by atoms with van der Waals surface area (Å²) in [5.41, 5.74) is 2.56. The summed E-state index contributed by atoms with van der Waals surface area (Å²) in [5, 5.41) is 4.19. The normalized spacial score (nSPS) is 12.4. The van der Waals surface area contributed by atoms with E-state index in [1.54, 1.807) is 17.0 Å². The predicted molar refractivity (Wildman–Crippen MR) is 52.5 cm³/mol. The molecule has 0 amide bonds. The van der Waals surface area contributed by atoms with Crippen LogP contribution in [0, 0.1) is 6.92 Å². The molecule has 0 bridgehead atoms. The first-order valence-corrected chi connectivity index (χ1v) is 4.31. The van der Waals surface area contributed by atoms with Crippen LogP contribution < -0.4 is 0 Å².